The maximum Gasteiger partial charge on any atom is 0.234 e. The van der Waals surface area contributed by atoms with Gasteiger partial charge in [-0.1, -0.05) is 5.92 Å². The number of terminal acetylenes is 1. The van der Waals surface area contributed by atoms with E-state index in [1.807, 2.05) is 4.90 Å². The van der Waals surface area contributed by atoms with E-state index in [2.05, 4.69) is 16.6 Å². The first kappa shape index (κ1) is 14.0. The summed E-state index contributed by atoms with van der Waals surface area (Å²) < 4.78 is 0. The van der Waals surface area contributed by atoms with E-state index in [9.17, 15) is 4.79 Å². The summed E-state index contributed by atoms with van der Waals surface area (Å²) in [6.07, 6.45) is 7.38. The van der Waals surface area contributed by atoms with E-state index < -0.39 is 0 Å². The zero-order valence-corrected chi connectivity index (χ0v) is 10.1. The molecule has 1 amide bonds. The lowest BCUT2D eigenvalue weighted by molar-refractivity contribution is -0.122. The van der Waals surface area contributed by atoms with E-state index in [4.69, 9.17) is 11.5 Å². The second-order valence-corrected chi connectivity index (χ2v) is 4.23. The third kappa shape index (κ3) is 5.68. The molecule has 1 atom stereocenters. The molecule has 1 saturated heterocycles. The predicted octanol–water partition coefficient (Wildman–Crippen LogP) is -1.22. The molecule has 0 spiro atoms. The molecule has 0 aliphatic carbocycles. The van der Waals surface area contributed by atoms with Gasteiger partial charge in [-0.05, 0) is 19.4 Å². The highest BCUT2D eigenvalue weighted by Gasteiger charge is 2.19. The van der Waals surface area contributed by atoms with Crippen LogP contribution in [0.4, 0.5) is 0 Å². The fourth-order valence-corrected chi connectivity index (χ4v) is 2.01. The minimum absolute atomic E-state index is 0.0646. The van der Waals surface area contributed by atoms with Crippen molar-refractivity contribution in [3.8, 4) is 12.3 Å². The smallest absolute Gasteiger partial charge is 0.234 e. The Morgan fingerprint density at radius 2 is 2.47 bits per heavy atom. The normalized spacial score (nSPS) is 19.2. The van der Waals surface area contributed by atoms with Crippen LogP contribution in [0.2, 0.25) is 0 Å². The number of carbonyl (C=O) groups excluding carboxylic acids is 1. The summed E-state index contributed by atoms with van der Waals surface area (Å²) in [6.45, 7) is 2.97. The molecular weight excluding hydrogens is 218 g/mol. The van der Waals surface area contributed by atoms with Crippen molar-refractivity contribution in [2.75, 3.05) is 39.3 Å². The molecule has 3 N–H and O–H groups in total. The topological polar surface area (TPSA) is 64.6 Å². The Labute approximate surface area is 103 Å². The van der Waals surface area contributed by atoms with Crippen LogP contribution in [0.1, 0.15) is 12.8 Å². The minimum Gasteiger partial charge on any atom is -0.395 e. The highest BCUT2D eigenvalue weighted by molar-refractivity contribution is 5.78. The van der Waals surface area contributed by atoms with Gasteiger partial charge in [0.25, 0.3) is 0 Å². The van der Waals surface area contributed by atoms with E-state index in [-0.39, 0.29) is 19.1 Å². The molecule has 0 radical (unpaired) electrons. The molecule has 1 fully saturated rings. The van der Waals surface area contributed by atoms with E-state index in [0.29, 0.717) is 19.1 Å². The number of amides is 1. The first-order chi connectivity index (χ1) is 8.26. The summed E-state index contributed by atoms with van der Waals surface area (Å²) in [4.78, 5) is 13.5. The van der Waals surface area contributed by atoms with Crippen LogP contribution in [0.5, 0.6) is 0 Å². The first-order valence-electron chi connectivity index (χ1n) is 6.03. The highest BCUT2D eigenvalue weighted by Crippen LogP contribution is 2.06. The van der Waals surface area contributed by atoms with E-state index in [1.54, 1.807) is 0 Å². The molecule has 96 valence electrons. The predicted molar refractivity (Wildman–Crippen MR) is 66.4 cm³/mol. The zero-order valence-electron chi connectivity index (χ0n) is 10.1. The summed E-state index contributed by atoms with van der Waals surface area (Å²) in [5, 5.41) is 15.0. The number of hydrogen-bond donors (Lipinski definition) is 3. The summed E-state index contributed by atoms with van der Waals surface area (Å²) >= 11 is 0. The van der Waals surface area contributed by atoms with Crippen molar-refractivity contribution >= 4 is 5.91 Å². The number of aliphatic hydroxyl groups is 1. The van der Waals surface area contributed by atoms with Gasteiger partial charge in [0.2, 0.25) is 5.91 Å². The summed E-state index contributed by atoms with van der Waals surface area (Å²) in [6, 6.07) is 0.432. The highest BCUT2D eigenvalue weighted by atomic mass is 16.3. The van der Waals surface area contributed by atoms with Crippen molar-refractivity contribution in [2.24, 2.45) is 0 Å². The van der Waals surface area contributed by atoms with Crippen LogP contribution >= 0.6 is 0 Å². The average molecular weight is 239 g/mol. The van der Waals surface area contributed by atoms with E-state index in [1.165, 1.54) is 6.42 Å². The monoisotopic (exact) mass is 239 g/mol. The van der Waals surface area contributed by atoms with E-state index in [0.717, 1.165) is 19.5 Å². The SMILES string of the molecule is C#CCNC(=O)CN(CCO)CC1CCCN1. The number of nitrogens with zero attached hydrogens (tertiary/aromatic N) is 1. The minimum atomic E-state index is -0.0885. The second-order valence-electron chi connectivity index (χ2n) is 4.23. The van der Waals surface area contributed by atoms with Crippen LogP contribution in [-0.2, 0) is 4.79 Å². The third-order valence-corrected chi connectivity index (χ3v) is 2.81. The first-order valence-corrected chi connectivity index (χ1v) is 6.03. The van der Waals surface area contributed by atoms with Crippen molar-refractivity contribution in [1.82, 2.24) is 15.5 Å². The zero-order chi connectivity index (χ0) is 12.5. The number of aliphatic hydroxyl groups excluding tert-OH is 1. The van der Waals surface area contributed by atoms with Gasteiger partial charge in [0.05, 0.1) is 19.7 Å². The molecule has 1 rings (SSSR count). The fourth-order valence-electron chi connectivity index (χ4n) is 2.01. The lowest BCUT2D eigenvalue weighted by Crippen LogP contribution is -2.44. The molecule has 0 aromatic carbocycles. The van der Waals surface area contributed by atoms with Gasteiger partial charge in [0.1, 0.15) is 0 Å². The molecule has 5 nitrogen and oxygen atoms in total. The molecule has 1 heterocycles. The number of rotatable bonds is 7. The van der Waals surface area contributed by atoms with Crippen molar-refractivity contribution in [3.05, 3.63) is 0 Å². The van der Waals surface area contributed by atoms with Crippen LogP contribution in [0.25, 0.3) is 0 Å². The number of nitrogens with one attached hydrogen (secondary N) is 2. The van der Waals surface area contributed by atoms with Crippen LogP contribution in [-0.4, -0.2) is 61.3 Å². The molecule has 0 aromatic rings. The van der Waals surface area contributed by atoms with Gasteiger partial charge >= 0.3 is 0 Å². The van der Waals surface area contributed by atoms with Gasteiger partial charge in [-0.25, -0.2) is 0 Å². The molecule has 0 bridgehead atoms. The van der Waals surface area contributed by atoms with Crippen LogP contribution < -0.4 is 10.6 Å². The Morgan fingerprint density at radius 1 is 1.65 bits per heavy atom. The number of hydrogen-bond acceptors (Lipinski definition) is 4. The van der Waals surface area contributed by atoms with Gasteiger partial charge in [0, 0.05) is 19.1 Å². The standard InChI is InChI=1S/C12H21N3O2/c1-2-5-14-12(17)10-15(7-8-16)9-11-4-3-6-13-11/h1,11,13,16H,3-10H2,(H,14,17). The Bertz CT molecular complexity index is 269. The van der Waals surface area contributed by atoms with Crippen LogP contribution in [0.15, 0.2) is 0 Å². The maximum absolute atomic E-state index is 11.5. The van der Waals surface area contributed by atoms with Gasteiger partial charge in [-0.2, -0.15) is 0 Å². The van der Waals surface area contributed by atoms with Crippen molar-refractivity contribution < 1.29 is 9.90 Å². The van der Waals surface area contributed by atoms with Gasteiger partial charge in [-0.15, -0.1) is 6.42 Å². The Balaban J connectivity index is 2.31. The quantitative estimate of drug-likeness (QED) is 0.487. The Morgan fingerprint density at radius 3 is 3.06 bits per heavy atom. The molecular formula is C12H21N3O2. The molecule has 0 aromatic heterocycles. The lowest BCUT2D eigenvalue weighted by atomic mass is 10.2. The largest absolute Gasteiger partial charge is 0.395 e. The lowest BCUT2D eigenvalue weighted by Gasteiger charge is -2.24. The van der Waals surface area contributed by atoms with Crippen molar-refractivity contribution in [2.45, 2.75) is 18.9 Å². The molecule has 1 aliphatic heterocycles. The van der Waals surface area contributed by atoms with Gasteiger partial charge in [0.15, 0.2) is 0 Å². The van der Waals surface area contributed by atoms with Crippen molar-refractivity contribution in [3.63, 3.8) is 0 Å². The Kier molecular flexibility index (Phi) is 6.63. The van der Waals surface area contributed by atoms with Crippen LogP contribution in [0.3, 0.4) is 0 Å². The average Bonchev–Trinajstić information content (AvgIpc) is 2.79. The Hall–Kier alpha value is -1.09. The number of carbonyl (C=O) groups is 1. The molecule has 1 unspecified atom stereocenters. The second kappa shape index (κ2) is 8.07. The third-order valence-electron chi connectivity index (χ3n) is 2.81. The molecule has 17 heavy (non-hydrogen) atoms. The fraction of sp³-hybridized carbons (Fsp3) is 0.750. The van der Waals surface area contributed by atoms with Gasteiger partial charge < -0.3 is 15.7 Å². The van der Waals surface area contributed by atoms with E-state index >= 15 is 0 Å². The summed E-state index contributed by atoms with van der Waals surface area (Å²) in [5.74, 6) is 2.28. The maximum atomic E-state index is 11.5. The van der Waals surface area contributed by atoms with Crippen molar-refractivity contribution in [1.29, 1.82) is 0 Å². The van der Waals surface area contributed by atoms with Gasteiger partial charge in [-0.3, -0.25) is 9.69 Å². The van der Waals surface area contributed by atoms with Crippen LogP contribution in [0, 0.1) is 12.3 Å². The summed E-state index contributed by atoms with van der Waals surface area (Å²) in [7, 11) is 0. The molecule has 0 saturated carbocycles. The molecule has 1 aliphatic rings. The molecule has 5 heteroatoms. The summed E-state index contributed by atoms with van der Waals surface area (Å²) in [5.41, 5.74) is 0.